The van der Waals surface area contributed by atoms with Crippen molar-refractivity contribution < 1.29 is 32.9 Å². The Morgan fingerprint density at radius 1 is 0.515 bits per heavy atom. The first-order chi connectivity index (χ1) is 33.0. The van der Waals surface area contributed by atoms with E-state index in [4.69, 9.17) is 9.05 Å². The molecule has 0 aliphatic heterocycles. The molecule has 0 aromatic rings. The van der Waals surface area contributed by atoms with Crippen molar-refractivity contribution in [3.05, 3.63) is 109 Å². The largest absolute Gasteiger partial charge is 0.472 e. The molecule has 0 aliphatic carbocycles. The van der Waals surface area contributed by atoms with Gasteiger partial charge in [0.25, 0.3) is 0 Å². The molecule has 3 unspecified atom stereocenters. The molecule has 3 atom stereocenters. The van der Waals surface area contributed by atoms with Crippen LogP contribution in [0.25, 0.3) is 0 Å². The average molecular weight is 968 g/mol. The van der Waals surface area contributed by atoms with Crippen molar-refractivity contribution in [3.8, 4) is 0 Å². The van der Waals surface area contributed by atoms with Gasteiger partial charge in [0.2, 0.25) is 5.91 Å². The summed E-state index contributed by atoms with van der Waals surface area (Å²) in [4.78, 5) is 23.2. The summed E-state index contributed by atoms with van der Waals surface area (Å²) < 4.78 is 23.6. The van der Waals surface area contributed by atoms with E-state index < -0.39 is 20.0 Å². The number of nitrogens with zero attached hydrogens (tertiary/aromatic N) is 1. The minimum atomic E-state index is -4.36. The molecular formula is C59H104N2O6P+. The minimum absolute atomic E-state index is 0.0489. The van der Waals surface area contributed by atoms with Crippen LogP contribution < -0.4 is 5.32 Å². The molecule has 390 valence electrons. The molecule has 0 radical (unpaired) electrons. The molecule has 0 saturated heterocycles. The lowest BCUT2D eigenvalue weighted by Gasteiger charge is -2.25. The highest BCUT2D eigenvalue weighted by molar-refractivity contribution is 7.47. The van der Waals surface area contributed by atoms with Crippen LogP contribution in [-0.4, -0.2) is 73.4 Å². The van der Waals surface area contributed by atoms with E-state index in [0.717, 1.165) is 89.9 Å². The van der Waals surface area contributed by atoms with Crippen LogP contribution >= 0.6 is 7.82 Å². The highest BCUT2D eigenvalue weighted by Gasteiger charge is 2.27. The first-order valence-corrected chi connectivity index (χ1v) is 28.8. The van der Waals surface area contributed by atoms with Crippen LogP contribution in [0.15, 0.2) is 109 Å². The number of likely N-dealkylation sites (N-methyl/N-ethyl adjacent to an activating group) is 1. The SMILES string of the molecule is CC/C=C\C/C=C\C/C=C\C/C=C\C/C=C\C/C=C\CCCCCCCCCCCCCCCCC(=O)NC(COP(=O)(O)OCC[N+](C)(C)C)C(O)/C=C/CC/C=C/CC/C=C/CCCCC. The zero-order chi connectivity index (χ0) is 49.9. The summed E-state index contributed by atoms with van der Waals surface area (Å²) in [5.74, 6) is -0.197. The highest BCUT2D eigenvalue weighted by atomic mass is 31.2. The Morgan fingerprint density at radius 2 is 0.897 bits per heavy atom. The maximum absolute atomic E-state index is 12.9. The normalized spacial score (nSPS) is 14.9. The molecule has 0 aromatic heterocycles. The number of amides is 1. The Morgan fingerprint density at radius 3 is 1.35 bits per heavy atom. The lowest BCUT2D eigenvalue weighted by molar-refractivity contribution is -0.870. The fourth-order valence-corrected chi connectivity index (χ4v) is 7.93. The summed E-state index contributed by atoms with van der Waals surface area (Å²) in [6, 6.07) is -0.875. The lowest BCUT2D eigenvalue weighted by Crippen LogP contribution is -2.45. The number of carbonyl (C=O) groups is 1. The van der Waals surface area contributed by atoms with E-state index in [9.17, 15) is 19.4 Å². The molecule has 0 bridgehead atoms. The number of hydrogen-bond acceptors (Lipinski definition) is 5. The van der Waals surface area contributed by atoms with Gasteiger partial charge in [-0.1, -0.05) is 213 Å². The zero-order valence-electron chi connectivity index (χ0n) is 44.3. The summed E-state index contributed by atoms with van der Waals surface area (Å²) in [6.45, 7) is 4.62. The molecule has 68 heavy (non-hydrogen) atoms. The number of carbonyl (C=O) groups excluding carboxylic acids is 1. The maximum Gasteiger partial charge on any atom is 0.472 e. The fourth-order valence-electron chi connectivity index (χ4n) is 7.19. The molecule has 0 rings (SSSR count). The molecule has 9 heteroatoms. The van der Waals surface area contributed by atoms with Crippen LogP contribution in [0.5, 0.6) is 0 Å². The predicted octanol–water partition coefficient (Wildman–Crippen LogP) is 16.4. The van der Waals surface area contributed by atoms with Crippen LogP contribution in [-0.2, 0) is 18.4 Å². The number of hydrogen-bond donors (Lipinski definition) is 3. The Hall–Kier alpha value is -2.84. The molecule has 0 fully saturated rings. The van der Waals surface area contributed by atoms with E-state index >= 15 is 0 Å². The Bertz CT molecular complexity index is 1470. The summed E-state index contributed by atoms with van der Waals surface area (Å²) in [6.07, 6.45) is 71.9. The number of nitrogens with one attached hydrogen (secondary N) is 1. The van der Waals surface area contributed by atoms with Gasteiger partial charge in [-0.2, -0.15) is 0 Å². The Kier molecular flexibility index (Phi) is 47.1. The first kappa shape index (κ1) is 65.2. The van der Waals surface area contributed by atoms with Crippen LogP contribution in [0.1, 0.15) is 206 Å². The topological polar surface area (TPSA) is 105 Å². The van der Waals surface area contributed by atoms with Crippen molar-refractivity contribution in [2.45, 2.75) is 219 Å². The number of quaternary nitrogens is 1. The monoisotopic (exact) mass is 968 g/mol. The van der Waals surface area contributed by atoms with Gasteiger partial charge in [0, 0.05) is 6.42 Å². The van der Waals surface area contributed by atoms with E-state index in [1.165, 1.54) is 96.3 Å². The van der Waals surface area contributed by atoms with Crippen molar-refractivity contribution in [2.75, 3.05) is 40.9 Å². The van der Waals surface area contributed by atoms with Gasteiger partial charge >= 0.3 is 7.82 Å². The van der Waals surface area contributed by atoms with Gasteiger partial charge in [-0.05, 0) is 96.3 Å². The Balaban J connectivity index is 4.14. The number of aliphatic hydroxyl groups excluding tert-OH is 1. The molecular weight excluding hydrogens is 864 g/mol. The van der Waals surface area contributed by atoms with Gasteiger partial charge in [0.1, 0.15) is 13.2 Å². The number of aliphatic hydroxyl groups is 1. The fraction of sp³-hybridized carbons (Fsp3) is 0.678. The first-order valence-electron chi connectivity index (χ1n) is 27.3. The number of allylic oxidation sites excluding steroid dienone is 17. The van der Waals surface area contributed by atoms with Gasteiger partial charge in [-0.3, -0.25) is 13.8 Å². The van der Waals surface area contributed by atoms with E-state index in [2.05, 4.69) is 116 Å². The lowest BCUT2D eigenvalue weighted by atomic mass is 10.0. The number of phosphoric ester groups is 1. The number of rotatable bonds is 48. The molecule has 8 nitrogen and oxygen atoms in total. The van der Waals surface area contributed by atoms with Gasteiger partial charge in [0.15, 0.2) is 0 Å². The smallest absolute Gasteiger partial charge is 0.387 e. The van der Waals surface area contributed by atoms with Crippen molar-refractivity contribution in [2.24, 2.45) is 0 Å². The van der Waals surface area contributed by atoms with E-state index in [1.807, 2.05) is 27.2 Å². The van der Waals surface area contributed by atoms with Gasteiger partial charge in [0.05, 0.1) is 39.9 Å². The second kappa shape index (κ2) is 49.2. The summed E-state index contributed by atoms with van der Waals surface area (Å²) in [5.41, 5.74) is 0. The standard InChI is InChI=1S/C59H103N2O6P/c1-6-8-10-12-14-16-18-20-21-22-23-24-25-26-27-28-29-30-31-32-33-34-35-36-37-38-39-41-43-45-47-49-51-53-59(63)60-57(56-67-68(64,65)66-55-54-61(3,4)5)58(62)52-50-48-46-44-42-40-19-17-15-13-11-9-7-2/h8,10,14-17,20-21,23-24,26-27,29-30,42,44,50,52,57-58,62H,6-7,9,11-13,18-19,22,25,28,31-41,43,45-49,51,53-56H2,1-5H3,(H-,60,63,64,65)/p+1/b10-8-,16-14-,17-15+,21-20-,24-23-,27-26-,30-29-,44-42+,52-50+. The second-order valence-corrected chi connectivity index (χ2v) is 20.7. The van der Waals surface area contributed by atoms with E-state index in [-0.39, 0.29) is 19.1 Å². The Labute approximate surface area is 419 Å². The molecule has 0 heterocycles. The van der Waals surface area contributed by atoms with Crippen molar-refractivity contribution >= 4 is 13.7 Å². The summed E-state index contributed by atoms with van der Waals surface area (Å²) in [7, 11) is 1.53. The third-order valence-electron chi connectivity index (χ3n) is 11.5. The maximum atomic E-state index is 12.9. The van der Waals surface area contributed by atoms with E-state index in [1.54, 1.807) is 6.08 Å². The van der Waals surface area contributed by atoms with Crippen molar-refractivity contribution in [3.63, 3.8) is 0 Å². The van der Waals surface area contributed by atoms with Gasteiger partial charge in [-0.15, -0.1) is 0 Å². The number of unbranched alkanes of at least 4 members (excludes halogenated alkanes) is 19. The molecule has 0 spiro atoms. The quantitative estimate of drug-likeness (QED) is 0.0243. The molecule has 0 aliphatic rings. The average Bonchev–Trinajstić information content (AvgIpc) is 3.30. The highest BCUT2D eigenvalue weighted by Crippen LogP contribution is 2.43. The van der Waals surface area contributed by atoms with Gasteiger partial charge in [-0.25, -0.2) is 4.57 Å². The van der Waals surface area contributed by atoms with Crippen molar-refractivity contribution in [1.29, 1.82) is 0 Å². The second-order valence-electron chi connectivity index (χ2n) is 19.2. The third-order valence-corrected chi connectivity index (χ3v) is 12.4. The molecule has 1 amide bonds. The number of phosphoric acid groups is 1. The molecule has 0 aromatic carbocycles. The third kappa shape index (κ3) is 51.0. The summed E-state index contributed by atoms with van der Waals surface area (Å²) in [5, 5.41) is 13.8. The molecule has 3 N–H and O–H groups in total. The van der Waals surface area contributed by atoms with Crippen LogP contribution in [0.3, 0.4) is 0 Å². The summed E-state index contributed by atoms with van der Waals surface area (Å²) >= 11 is 0. The van der Waals surface area contributed by atoms with Crippen LogP contribution in [0.2, 0.25) is 0 Å². The minimum Gasteiger partial charge on any atom is -0.387 e. The van der Waals surface area contributed by atoms with Crippen molar-refractivity contribution in [1.82, 2.24) is 5.32 Å². The van der Waals surface area contributed by atoms with Crippen LogP contribution in [0, 0.1) is 0 Å². The predicted molar refractivity (Wildman–Crippen MR) is 295 cm³/mol. The zero-order valence-corrected chi connectivity index (χ0v) is 45.2. The van der Waals surface area contributed by atoms with Gasteiger partial charge < -0.3 is 19.8 Å². The molecule has 0 saturated carbocycles. The van der Waals surface area contributed by atoms with Crippen LogP contribution in [0.4, 0.5) is 0 Å². The van der Waals surface area contributed by atoms with E-state index in [0.29, 0.717) is 17.4 Å².